The van der Waals surface area contributed by atoms with Gasteiger partial charge in [0.2, 0.25) is 5.91 Å². The van der Waals surface area contributed by atoms with Crippen LogP contribution in [0.4, 0.5) is 0 Å². The molecule has 0 aromatic heterocycles. The van der Waals surface area contributed by atoms with Crippen LogP contribution in [-0.2, 0) is 4.79 Å². The topological polar surface area (TPSA) is 41.1 Å². The lowest BCUT2D eigenvalue weighted by Crippen LogP contribution is -2.56. The smallest absolute Gasteiger partial charge is 0.237 e. The van der Waals surface area contributed by atoms with Gasteiger partial charge in [0.15, 0.2) is 0 Å². The van der Waals surface area contributed by atoms with Crippen LogP contribution in [0.15, 0.2) is 0 Å². The number of carbonyl (C=O) groups excluding carboxylic acids is 1. The molecule has 1 aliphatic carbocycles. The molecule has 3 nitrogen and oxygen atoms in total. The zero-order valence-electron chi connectivity index (χ0n) is 11.6. The van der Waals surface area contributed by atoms with E-state index < -0.39 is 0 Å². The number of piperidine rings is 1. The maximum atomic E-state index is 12.2. The summed E-state index contributed by atoms with van der Waals surface area (Å²) in [5.74, 6) is 2.02. The molecule has 2 N–H and O–H groups in total. The van der Waals surface area contributed by atoms with E-state index in [0.717, 1.165) is 18.1 Å². The van der Waals surface area contributed by atoms with Crippen molar-refractivity contribution in [2.45, 2.75) is 63.6 Å². The highest BCUT2D eigenvalue weighted by Gasteiger charge is 2.34. The number of hydrogen-bond acceptors (Lipinski definition) is 3. The number of carbonyl (C=O) groups is 1. The molecule has 1 saturated carbocycles. The first-order valence-corrected chi connectivity index (χ1v) is 8.65. The molecule has 0 spiro atoms. The summed E-state index contributed by atoms with van der Waals surface area (Å²) < 4.78 is 0. The lowest BCUT2D eigenvalue weighted by Gasteiger charge is -2.40. The van der Waals surface area contributed by atoms with Gasteiger partial charge in [-0.25, -0.2) is 0 Å². The quantitative estimate of drug-likeness (QED) is 0.822. The van der Waals surface area contributed by atoms with Crippen molar-refractivity contribution in [1.82, 2.24) is 10.6 Å². The fourth-order valence-electron chi connectivity index (χ4n) is 3.34. The fraction of sp³-hybridized carbons (Fsp3) is 0.929. The van der Waals surface area contributed by atoms with Crippen LogP contribution in [0.5, 0.6) is 0 Å². The van der Waals surface area contributed by atoms with Gasteiger partial charge in [0.05, 0.1) is 6.04 Å². The summed E-state index contributed by atoms with van der Waals surface area (Å²) in [6.07, 6.45) is 9.64. The van der Waals surface area contributed by atoms with Gasteiger partial charge in [-0.1, -0.05) is 12.8 Å². The molecule has 4 unspecified atom stereocenters. The summed E-state index contributed by atoms with van der Waals surface area (Å²) in [6.45, 7) is 2.08. The monoisotopic (exact) mass is 270 g/mol. The Labute approximate surface area is 115 Å². The first kappa shape index (κ1) is 14.2. The van der Waals surface area contributed by atoms with E-state index in [0.29, 0.717) is 6.04 Å². The zero-order chi connectivity index (χ0) is 13.0. The molecule has 0 aromatic carbocycles. The van der Waals surface area contributed by atoms with Crippen LogP contribution in [-0.4, -0.2) is 36.0 Å². The SMILES string of the molecule is CSCC(C)NC(=O)C1CCC2CCCCC2N1. The summed E-state index contributed by atoms with van der Waals surface area (Å²) >= 11 is 1.78. The molecule has 0 radical (unpaired) electrons. The van der Waals surface area contributed by atoms with Gasteiger partial charge in [-0.3, -0.25) is 4.79 Å². The van der Waals surface area contributed by atoms with Gasteiger partial charge in [0, 0.05) is 17.8 Å². The molecule has 1 saturated heterocycles. The van der Waals surface area contributed by atoms with E-state index in [1.165, 1.54) is 32.1 Å². The molecule has 0 aromatic rings. The van der Waals surface area contributed by atoms with Gasteiger partial charge < -0.3 is 10.6 Å². The highest BCUT2D eigenvalue weighted by molar-refractivity contribution is 7.98. The minimum atomic E-state index is 0.0497. The van der Waals surface area contributed by atoms with Crippen molar-refractivity contribution in [3.05, 3.63) is 0 Å². The Morgan fingerprint density at radius 3 is 2.89 bits per heavy atom. The first-order valence-electron chi connectivity index (χ1n) is 7.26. The number of amides is 1. The van der Waals surface area contributed by atoms with Crippen LogP contribution in [0.25, 0.3) is 0 Å². The fourth-order valence-corrected chi connectivity index (χ4v) is 3.92. The van der Waals surface area contributed by atoms with E-state index in [2.05, 4.69) is 23.8 Å². The van der Waals surface area contributed by atoms with Crippen molar-refractivity contribution in [3.63, 3.8) is 0 Å². The van der Waals surface area contributed by atoms with Crippen LogP contribution >= 0.6 is 11.8 Å². The molecule has 1 amide bonds. The van der Waals surface area contributed by atoms with Gasteiger partial charge in [0.25, 0.3) is 0 Å². The average molecular weight is 270 g/mol. The molecule has 104 valence electrons. The van der Waals surface area contributed by atoms with E-state index >= 15 is 0 Å². The Hall–Kier alpha value is -0.220. The van der Waals surface area contributed by atoms with Crippen LogP contribution in [0.1, 0.15) is 45.4 Å². The maximum Gasteiger partial charge on any atom is 0.237 e. The van der Waals surface area contributed by atoms with E-state index in [4.69, 9.17) is 0 Å². The predicted octanol–water partition coefficient (Wildman–Crippen LogP) is 2.16. The largest absolute Gasteiger partial charge is 0.351 e. The molecular formula is C14H26N2OS. The molecule has 2 rings (SSSR count). The second-order valence-electron chi connectivity index (χ2n) is 5.81. The third-order valence-corrected chi connectivity index (χ3v) is 5.11. The highest BCUT2D eigenvalue weighted by Crippen LogP contribution is 2.32. The number of nitrogens with one attached hydrogen (secondary N) is 2. The summed E-state index contributed by atoms with van der Waals surface area (Å²) in [5.41, 5.74) is 0. The molecular weight excluding hydrogens is 244 g/mol. The standard InChI is InChI=1S/C14H26N2OS/c1-10(9-18-2)15-14(17)13-8-7-11-5-3-4-6-12(11)16-13/h10-13,16H,3-9H2,1-2H3,(H,15,17). The first-order chi connectivity index (χ1) is 8.70. The molecule has 4 heteroatoms. The Kier molecular flexibility index (Phi) is 5.37. The van der Waals surface area contributed by atoms with E-state index in [9.17, 15) is 4.79 Å². The van der Waals surface area contributed by atoms with Crippen LogP contribution in [0.2, 0.25) is 0 Å². The second-order valence-corrected chi connectivity index (χ2v) is 6.72. The zero-order valence-corrected chi connectivity index (χ0v) is 12.4. The van der Waals surface area contributed by atoms with Crippen molar-refractivity contribution >= 4 is 17.7 Å². The molecule has 4 atom stereocenters. The van der Waals surface area contributed by atoms with Gasteiger partial charge in [0.1, 0.15) is 0 Å². The Morgan fingerprint density at radius 2 is 2.11 bits per heavy atom. The lowest BCUT2D eigenvalue weighted by atomic mass is 9.77. The van der Waals surface area contributed by atoms with Crippen molar-refractivity contribution < 1.29 is 4.79 Å². The normalized spacial score (nSPS) is 33.6. The van der Waals surface area contributed by atoms with Crippen molar-refractivity contribution in [3.8, 4) is 0 Å². The van der Waals surface area contributed by atoms with Crippen molar-refractivity contribution in [2.75, 3.05) is 12.0 Å². The van der Waals surface area contributed by atoms with Crippen LogP contribution < -0.4 is 10.6 Å². The minimum Gasteiger partial charge on any atom is -0.351 e. The van der Waals surface area contributed by atoms with Crippen molar-refractivity contribution in [1.29, 1.82) is 0 Å². The summed E-state index contributed by atoms with van der Waals surface area (Å²) in [5, 5.41) is 6.71. The van der Waals surface area contributed by atoms with Gasteiger partial charge in [-0.2, -0.15) is 11.8 Å². The van der Waals surface area contributed by atoms with E-state index in [-0.39, 0.29) is 18.0 Å². The third kappa shape index (κ3) is 3.64. The van der Waals surface area contributed by atoms with E-state index in [1.54, 1.807) is 11.8 Å². The molecule has 18 heavy (non-hydrogen) atoms. The minimum absolute atomic E-state index is 0.0497. The summed E-state index contributed by atoms with van der Waals surface area (Å²) in [4.78, 5) is 12.2. The van der Waals surface area contributed by atoms with Crippen LogP contribution in [0.3, 0.4) is 0 Å². The van der Waals surface area contributed by atoms with Gasteiger partial charge in [-0.05, 0) is 44.8 Å². The Balaban J connectivity index is 1.81. The second kappa shape index (κ2) is 6.80. The molecule has 2 fully saturated rings. The Morgan fingerprint density at radius 1 is 1.33 bits per heavy atom. The lowest BCUT2D eigenvalue weighted by molar-refractivity contribution is -0.125. The molecule has 1 aliphatic heterocycles. The number of hydrogen-bond donors (Lipinski definition) is 2. The third-order valence-electron chi connectivity index (χ3n) is 4.27. The number of fused-ring (bicyclic) bond motifs is 1. The number of thioether (sulfide) groups is 1. The van der Waals surface area contributed by atoms with Crippen LogP contribution in [0, 0.1) is 5.92 Å². The summed E-state index contributed by atoms with van der Waals surface area (Å²) in [6, 6.07) is 0.922. The predicted molar refractivity (Wildman–Crippen MR) is 77.9 cm³/mol. The van der Waals surface area contributed by atoms with E-state index in [1.807, 2.05) is 0 Å². The average Bonchev–Trinajstić information content (AvgIpc) is 2.38. The highest BCUT2D eigenvalue weighted by atomic mass is 32.2. The molecule has 2 aliphatic rings. The maximum absolute atomic E-state index is 12.2. The van der Waals surface area contributed by atoms with Gasteiger partial charge >= 0.3 is 0 Å². The van der Waals surface area contributed by atoms with Gasteiger partial charge in [-0.15, -0.1) is 0 Å². The molecule has 0 bridgehead atoms. The summed E-state index contributed by atoms with van der Waals surface area (Å²) in [7, 11) is 0. The Bertz CT molecular complexity index is 285. The number of rotatable bonds is 4. The molecule has 1 heterocycles. The van der Waals surface area contributed by atoms with Crippen molar-refractivity contribution in [2.24, 2.45) is 5.92 Å².